The number of allylic oxidation sites excluding steroid dienone is 1. The molecule has 0 heterocycles. The van der Waals surface area contributed by atoms with Crippen molar-refractivity contribution in [3.63, 3.8) is 0 Å². The molecular formula is C9H17ClO2. The zero-order chi connectivity index (χ0) is 9.07. The van der Waals surface area contributed by atoms with E-state index < -0.39 is 0 Å². The van der Waals surface area contributed by atoms with E-state index in [1.165, 1.54) is 0 Å². The van der Waals surface area contributed by atoms with Crippen molar-refractivity contribution in [2.75, 3.05) is 32.3 Å². The molecule has 0 aliphatic rings. The lowest BCUT2D eigenvalue weighted by atomic mass is 10.5. The lowest BCUT2D eigenvalue weighted by Crippen LogP contribution is -2.04. The molecule has 0 fully saturated rings. The van der Waals surface area contributed by atoms with E-state index >= 15 is 0 Å². The summed E-state index contributed by atoms with van der Waals surface area (Å²) >= 11 is 5.42. The van der Waals surface area contributed by atoms with Gasteiger partial charge in [0.2, 0.25) is 0 Å². The Labute approximate surface area is 79.5 Å². The van der Waals surface area contributed by atoms with E-state index in [1.807, 2.05) is 12.2 Å². The van der Waals surface area contributed by atoms with Crippen LogP contribution in [0.2, 0.25) is 0 Å². The molecule has 12 heavy (non-hydrogen) atoms. The van der Waals surface area contributed by atoms with Crippen molar-refractivity contribution in [1.82, 2.24) is 0 Å². The van der Waals surface area contributed by atoms with Crippen LogP contribution in [0.3, 0.4) is 0 Å². The smallest absolute Gasteiger partial charge is 0.0704 e. The Morgan fingerprint density at radius 3 is 2.50 bits per heavy atom. The quantitative estimate of drug-likeness (QED) is 0.334. The minimum Gasteiger partial charge on any atom is -0.379 e. The van der Waals surface area contributed by atoms with Crippen LogP contribution in [0.5, 0.6) is 0 Å². The van der Waals surface area contributed by atoms with Gasteiger partial charge in [-0.2, -0.15) is 0 Å². The molecule has 2 nitrogen and oxygen atoms in total. The average molecular weight is 193 g/mol. The number of ether oxygens (including phenoxy) is 2. The number of hydrogen-bond acceptors (Lipinski definition) is 2. The first-order valence-corrected chi connectivity index (χ1v) is 4.81. The first kappa shape index (κ1) is 11.9. The highest BCUT2D eigenvalue weighted by Crippen LogP contribution is 1.83. The van der Waals surface area contributed by atoms with Gasteiger partial charge in [-0.25, -0.2) is 0 Å². The molecule has 0 radical (unpaired) electrons. The highest BCUT2D eigenvalue weighted by Gasteiger charge is 1.85. The van der Waals surface area contributed by atoms with Crippen LogP contribution >= 0.6 is 11.6 Å². The van der Waals surface area contributed by atoms with Crippen LogP contribution in [-0.2, 0) is 9.47 Å². The number of rotatable bonds is 8. The van der Waals surface area contributed by atoms with Gasteiger partial charge in [-0.1, -0.05) is 19.1 Å². The summed E-state index contributed by atoms with van der Waals surface area (Å²) in [5.41, 5.74) is 0. The van der Waals surface area contributed by atoms with Gasteiger partial charge in [-0.3, -0.25) is 0 Å². The molecule has 0 N–H and O–H groups in total. The molecule has 0 saturated heterocycles. The molecule has 72 valence electrons. The van der Waals surface area contributed by atoms with Gasteiger partial charge in [-0.15, -0.1) is 11.6 Å². The van der Waals surface area contributed by atoms with Crippen molar-refractivity contribution in [1.29, 1.82) is 0 Å². The van der Waals surface area contributed by atoms with Crippen LogP contribution in [0.1, 0.15) is 13.3 Å². The number of alkyl halides is 1. The van der Waals surface area contributed by atoms with E-state index in [4.69, 9.17) is 21.1 Å². The summed E-state index contributed by atoms with van der Waals surface area (Å²) < 4.78 is 10.4. The first-order chi connectivity index (χ1) is 5.91. The fourth-order valence-electron chi connectivity index (χ4n) is 0.647. The molecule has 0 bridgehead atoms. The summed E-state index contributed by atoms with van der Waals surface area (Å²) in [6.45, 7) is 4.88. The van der Waals surface area contributed by atoms with Gasteiger partial charge < -0.3 is 9.47 Å². The van der Waals surface area contributed by atoms with Crippen molar-refractivity contribution in [3.8, 4) is 0 Å². The lowest BCUT2D eigenvalue weighted by Gasteiger charge is -2.01. The Morgan fingerprint density at radius 1 is 1.08 bits per heavy atom. The third-order valence-electron chi connectivity index (χ3n) is 1.19. The van der Waals surface area contributed by atoms with Crippen LogP contribution in [0.4, 0.5) is 0 Å². The van der Waals surface area contributed by atoms with Gasteiger partial charge in [0.15, 0.2) is 0 Å². The van der Waals surface area contributed by atoms with Crippen molar-refractivity contribution < 1.29 is 9.47 Å². The summed E-state index contributed by atoms with van der Waals surface area (Å²) in [4.78, 5) is 0. The number of halogens is 1. The van der Waals surface area contributed by atoms with Gasteiger partial charge in [0.25, 0.3) is 0 Å². The fourth-order valence-corrected chi connectivity index (χ4v) is 0.773. The maximum Gasteiger partial charge on any atom is 0.0704 e. The van der Waals surface area contributed by atoms with Crippen molar-refractivity contribution >= 4 is 11.6 Å². The second kappa shape index (κ2) is 11.0. The van der Waals surface area contributed by atoms with Crippen LogP contribution in [0, 0.1) is 0 Å². The largest absolute Gasteiger partial charge is 0.379 e. The van der Waals surface area contributed by atoms with Crippen LogP contribution in [0.15, 0.2) is 12.2 Å². The monoisotopic (exact) mass is 192 g/mol. The Hall–Kier alpha value is -0.0500. The molecule has 0 atom stereocenters. The molecular weight excluding hydrogens is 176 g/mol. The predicted molar refractivity (Wildman–Crippen MR) is 51.8 cm³/mol. The molecule has 0 spiro atoms. The molecule has 0 saturated carbocycles. The summed E-state index contributed by atoms with van der Waals surface area (Å²) in [5.74, 6) is 0.551. The molecule has 0 unspecified atom stereocenters. The summed E-state index contributed by atoms with van der Waals surface area (Å²) in [6, 6.07) is 0. The normalized spacial score (nSPS) is 11.2. The topological polar surface area (TPSA) is 18.5 Å². The predicted octanol–water partition coefficient (Wildman–Crippen LogP) is 2.22. The van der Waals surface area contributed by atoms with E-state index in [2.05, 4.69) is 6.92 Å². The van der Waals surface area contributed by atoms with Gasteiger partial charge >= 0.3 is 0 Å². The van der Waals surface area contributed by atoms with Gasteiger partial charge in [0.1, 0.15) is 0 Å². The van der Waals surface area contributed by atoms with Crippen LogP contribution in [-0.4, -0.2) is 32.3 Å². The average Bonchev–Trinajstić information content (AvgIpc) is 2.10. The molecule has 0 aromatic carbocycles. The minimum absolute atomic E-state index is 0.551. The van der Waals surface area contributed by atoms with Gasteiger partial charge in [0.05, 0.1) is 19.8 Å². The van der Waals surface area contributed by atoms with Crippen LogP contribution in [0.25, 0.3) is 0 Å². The zero-order valence-electron chi connectivity index (χ0n) is 7.59. The second-order valence-corrected chi connectivity index (χ2v) is 2.62. The highest BCUT2D eigenvalue weighted by molar-refractivity contribution is 6.18. The van der Waals surface area contributed by atoms with E-state index in [-0.39, 0.29) is 0 Å². The molecule has 0 rings (SSSR count). The van der Waals surface area contributed by atoms with E-state index in [0.717, 1.165) is 13.0 Å². The standard InChI is InChI=1S/C9H17ClO2/c1-2-6-11-8-9-12-7-4-3-5-10/h3-4H,2,5-9H2,1H3. The summed E-state index contributed by atoms with van der Waals surface area (Å²) in [5, 5.41) is 0. The van der Waals surface area contributed by atoms with Crippen molar-refractivity contribution in [2.24, 2.45) is 0 Å². The Kier molecular flexibility index (Phi) is 10.9. The molecule has 3 heteroatoms. The Morgan fingerprint density at radius 2 is 1.83 bits per heavy atom. The number of hydrogen-bond donors (Lipinski definition) is 0. The lowest BCUT2D eigenvalue weighted by molar-refractivity contribution is 0.0587. The molecule has 0 aromatic heterocycles. The Bertz CT molecular complexity index is 105. The third kappa shape index (κ3) is 9.95. The van der Waals surface area contributed by atoms with Crippen molar-refractivity contribution in [2.45, 2.75) is 13.3 Å². The summed E-state index contributed by atoms with van der Waals surface area (Å²) in [6.07, 6.45) is 4.84. The zero-order valence-corrected chi connectivity index (χ0v) is 8.35. The molecule has 0 amide bonds. The van der Waals surface area contributed by atoms with E-state index in [1.54, 1.807) is 0 Å². The fraction of sp³-hybridized carbons (Fsp3) is 0.778. The molecule has 0 aliphatic heterocycles. The second-order valence-electron chi connectivity index (χ2n) is 2.31. The molecule has 0 aliphatic carbocycles. The first-order valence-electron chi connectivity index (χ1n) is 4.28. The SMILES string of the molecule is CCCOCCOCC=CCCl. The maximum atomic E-state index is 5.42. The Balaban J connectivity index is 2.86. The maximum absolute atomic E-state index is 5.42. The third-order valence-corrected chi connectivity index (χ3v) is 1.37. The van der Waals surface area contributed by atoms with Crippen LogP contribution < -0.4 is 0 Å². The van der Waals surface area contributed by atoms with E-state index in [9.17, 15) is 0 Å². The van der Waals surface area contributed by atoms with Gasteiger partial charge in [0, 0.05) is 12.5 Å². The van der Waals surface area contributed by atoms with Gasteiger partial charge in [-0.05, 0) is 6.42 Å². The highest BCUT2D eigenvalue weighted by atomic mass is 35.5. The molecule has 0 aromatic rings. The van der Waals surface area contributed by atoms with Crippen molar-refractivity contribution in [3.05, 3.63) is 12.2 Å². The minimum atomic E-state index is 0.551. The summed E-state index contributed by atoms with van der Waals surface area (Å²) in [7, 11) is 0. The van der Waals surface area contributed by atoms with E-state index in [0.29, 0.717) is 25.7 Å².